The van der Waals surface area contributed by atoms with Crippen LogP contribution in [0.3, 0.4) is 0 Å². The summed E-state index contributed by atoms with van der Waals surface area (Å²) in [5.41, 5.74) is 0. The largest absolute Gasteiger partial charge is 0.491 e. The van der Waals surface area contributed by atoms with Crippen LogP contribution in [0.5, 0.6) is 5.75 Å². The summed E-state index contributed by atoms with van der Waals surface area (Å²) in [6.45, 7) is -1.53. The van der Waals surface area contributed by atoms with Crippen LogP contribution in [0.15, 0.2) is 18.2 Å². The number of ether oxygens (including phenoxy) is 1. The Labute approximate surface area is 118 Å². The Morgan fingerprint density at radius 1 is 1.26 bits per heavy atom. The third-order valence-electron chi connectivity index (χ3n) is 2.04. The zero-order valence-corrected chi connectivity index (χ0v) is 11.2. The van der Waals surface area contributed by atoms with Crippen molar-refractivity contribution in [1.29, 1.82) is 0 Å². The molecular formula is C11H12Cl2F3NO2. The molecule has 0 aromatic heterocycles. The topological polar surface area (TPSA) is 41.5 Å². The second-order valence-corrected chi connectivity index (χ2v) is 4.60. The van der Waals surface area contributed by atoms with E-state index in [0.29, 0.717) is 15.8 Å². The lowest BCUT2D eigenvalue weighted by atomic mass is 10.3. The fraction of sp³-hybridized carbons (Fsp3) is 0.455. The van der Waals surface area contributed by atoms with Crippen LogP contribution in [0.2, 0.25) is 10.0 Å². The van der Waals surface area contributed by atoms with Gasteiger partial charge in [0.05, 0.1) is 16.6 Å². The number of rotatable bonds is 6. The molecule has 0 spiro atoms. The minimum absolute atomic E-state index is 0.150. The fourth-order valence-electron chi connectivity index (χ4n) is 1.20. The summed E-state index contributed by atoms with van der Waals surface area (Å²) < 4.78 is 40.7. The molecule has 0 heterocycles. The molecule has 8 heteroatoms. The van der Waals surface area contributed by atoms with Gasteiger partial charge in [0.25, 0.3) is 0 Å². The first-order valence-electron chi connectivity index (χ1n) is 5.31. The van der Waals surface area contributed by atoms with Gasteiger partial charge in [-0.2, -0.15) is 13.2 Å². The summed E-state index contributed by atoms with van der Waals surface area (Å²) in [5, 5.41) is 12.2. The highest BCUT2D eigenvalue weighted by Crippen LogP contribution is 2.26. The van der Waals surface area contributed by atoms with Gasteiger partial charge in [0.1, 0.15) is 18.5 Å². The monoisotopic (exact) mass is 317 g/mol. The van der Waals surface area contributed by atoms with E-state index in [0.717, 1.165) is 0 Å². The Balaban J connectivity index is 2.29. The molecule has 1 unspecified atom stereocenters. The molecule has 1 atom stereocenters. The second kappa shape index (κ2) is 7.19. The molecule has 1 rings (SSSR count). The average molecular weight is 318 g/mol. The Kier molecular flexibility index (Phi) is 6.19. The Hall–Kier alpha value is -0.690. The lowest BCUT2D eigenvalue weighted by molar-refractivity contribution is -0.125. The summed E-state index contributed by atoms with van der Waals surface area (Å²) >= 11 is 11.5. The number of hydrogen-bond acceptors (Lipinski definition) is 3. The van der Waals surface area contributed by atoms with Gasteiger partial charge >= 0.3 is 6.18 Å². The van der Waals surface area contributed by atoms with Crippen molar-refractivity contribution in [3.63, 3.8) is 0 Å². The Morgan fingerprint density at radius 3 is 2.53 bits per heavy atom. The standard InChI is InChI=1S/C11H12Cl2F3NO2/c12-9-2-1-8(3-10(9)13)19-5-7(18)4-17-6-11(14,15)16/h1-3,7,17-18H,4-6H2. The van der Waals surface area contributed by atoms with Crippen LogP contribution in [0, 0.1) is 0 Å². The maximum absolute atomic E-state index is 11.8. The molecule has 2 N–H and O–H groups in total. The molecule has 0 saturated carbocycles. The summed E-state index contributed by atoms with van der Waals surface area (Å²) in [7, 11) is 0. The minimum Gasteiger partial charge on any atom is -0.491 e. The van der Waals surface area contributed by atoms with Crippen molar-refractivity contribution < 1.29 is 23.0 Å². The molecule has 0 saturated heterocycles. The van der Waals surface area contributed by atoms with Gasteiger partial charge in [-0.05, 0) is 12.1 Å². The molecule has 3 nitrogen and oxygen atoms in total. The molecule has 1 aromatic rings. The van der Waals surface area contributed by atoms with Crippen LogP contribution in [-0.2, 0) is 0 Å². The third-order valence-corrected chi connectivity index (χ3v) is 2.78. The predicted molar refractivity (Wildman–Crippen MR) is 66.9 cm³/mol. The van der Waals surface area contributed by atoms with E-state index in [4.69, 9.17) is 27.9 Å². The average Bonchev–Trinajstić information content (AvgIpc) is 2.29. The van der Waals surface area contributed by atoms with Crippen molar-refractivity contribution in [2.24, 2.45) is 0 Å². The molecule has 0 aliphatic rings. The highest BCUT2D eigenvalue weighted by Gasteiger charge is 2.26. The van der Waals surface area contributed by atoms with Crippen molar-refractivity contribution >= 4 is 23.2 Å². The minimum atomic E-state index is -4.30. The van der Waals surface area contributed by atoms with E-state index in [1.165, 1.54) is 12.1 Å². The molecule has 0 bridgehead atoms. The number of nitrogens with one attached hydrogen (secondary N) is 1. The zero-order chi connectivity index (χ0) is 14.5. The maximum atomic E-state index is 11.8. The van der Waals surface area contributed by atoms with Crippen molar-refractivity contribution in [3.05, 3.63) is 28.2 Å². The van der Waals surface area contributed by atoms with Gasteiger partial charge < -0.3 is 15.2 Å². The Bertz CT molecular complexity index is 415. The van der Waals surface area contributed by atoms with Crippen LogP contribution in [-0.4, -0.2) is 37.1 Å². The molecular weight excluding hydrogens is 306 g/mol. The van der Waals surface area contributed by atoms with Gasteiger partial charge in [0.2, 0.25) is 0 Å². The molecule has 19 heavy (non-hydrogen) atoms. The summed E-state index contributed by atoms with van der Waals surface area (Å²) in [5.74, 6) is 0.379. The summed E-state index contributed by atoms with van der Waals surface area (Å²) in [6, 6.07) is 4.53. The van der Waals surface area contributed by atoms with Gasteiger partial charge in [-0.1, -0.05) is 23.2 Å². The number of halogens is 5. The predicted octanol–water partition coefficient (Wildman–Crippen LogP) is 2.89. The van der Waals surface area contributed by atoms with Crippen molar-refractivity contribution in [1.82, 2.24) is 5.32 Å². The molecule has 1 aromatic carbocycles. The van der Waals surface area contributed by atoms with E-state index < -0.39 is 18.8 Å². The molecule has 0 radical (unpaired) electrons. The number of aliphatic hydroxyl groups is 1. The molecule has 0 amide bonds. The van der Waals surface area contributed by atoms with Crippen molar-refractivity contribution in [2.45, 2.75) is 12.3 Å². The first-order valence-corrected chi connectivity index (χ1v) is 6.07. The second-order valence-electron chi connectivity index (χ2n) is 3.79. The molecule has 108 valence electrons. The van der Waals surface area contributed by atoms with Gasteiger partial charge in [-0.3, -0.25) is 0 Å². The van der Waals surface area contributed by atoms with Gasteiger partial charge in [-0.15, -0.1) is 0 Å². The quantitative estimate of drug-likeness (QED) is 0.847. The molecule has 0 aliphatic heterocycles. The zero-order valence-electron chi connectivity index (χ0n) is 9.68. The van der Waals surface area contributed by atoms with E-state index in [1.54, 1.807) is 6.07 Å². The molecule has 0 aliphatic carbocycles. The number of alkyl halides is 3. The van der Waals surface area contributed by atoms with Crippen LogP contribution in [0.4, 0.5) is 13.2 Å². The van der Waals surface area contributed by atoms with Gasteiger partial charge in [-0.25, -0.2) is 0 Å². The lowest BCUT2D eigenvalue weighted by Gasteiger charge is -2.14. The van der Waals surface area contributed by atoms with E-state index in [-0.39, 0.29) is 13.2 Å². The first-order chi connectivity index (χ1) is 8.78. The number of hydrogen-bond donors (Lipinski definition) is 2. The van der Waals surface area contributed by atoms with Gasteiger partial charge in [0, 0.05) is 12.6 Å². The van der Waals surface area contributed by atoms with Crippen LogP contribution in [0.1, 0.15) is 0 Å². The van der Waals surface area contributed by atoms with E-state index in [2.05, 4.69) is 5.32 Å². The fourth-order valence-corrected chi connectivity index (χ4v) is 1.49. The van der Waals surface area contributed by atoms with Crippen LogP contribution < -0.4 is 10.1 Å². The highest BCUT2D eigenvalue weighted by molar-refractivity contribution is 6.42. The summed E-state index contributed by atoms with van der Waals surface area (Å²) in [4.78, 5) is 0. The smallest absolute Gasteiger partial charge is 0.401 e. The van der Waals surface area contributed by atoms with Crippen molar-refractivity contribution in [2.75, 3.05) is 19.7 Å². The van der Waals surface area contributed by atoms with Gasteiger partial charge in [0.15, 0.2) is 0 Å². The maximum Gasteiger partial charge on any atom is 0.401 e. The normalized spacial score (nSPS) is 13.4. The van der Waals surface area contributed by atoms with E-state index in [9.17, 15) is 18.3 Å². The summed E-state index contributed by atoms with van der Waals surface area (Å²) in [6.07, 6.45) is -5.36. The van der Waals surface area contributed by atoms with Crippen molar-refractivity contribution in [3.8, 4) is 5.75 Å². The van der Waals surface area contributed by atoms with Crippen LogP contribution in [0.25, 0.3) is 0 Å². The first kappa shape index (κ1) is 16.4. The van der Waals surface area contributed by atoms with Crippen LogP contribution >= 0.6 is 23.2 Å². The lowest BCUT2D eigenvalue weighted by Crippen LogP contribution is -2.37. The Morgan fingerprint density at radius 2 is 1.95 bits per heavy atom. The number of aliphatic hydroxyl groups excluding tert-OH is 1. The van der Waals surface area contributed by atoms with E-state index >= 15 is 0 Å². The molecule has 0 fully saturated rings. The van der Waals surface area contributed by atoms with E-state index in [1.807, 2.05) is 0 Å². The SMILES string of the molecule is OC(CNCC(F)(F)F)COc1ccc(Cl)c(Cl)c1. The highest BCUT2D eigenvalue weighted by atomic mass is 35.5. The number of benzene rings is 1. The third kappa shape index (κ3) is 6.87.